The van der Waals surface area contributed by atoms with Crippen molar-refractivity contribution in [3.05, 3.63) is 131 Å². The highest BCUT2D eigenvalue weighted by molar-refractivity contribution is 7.95. The first kappa shape index (κ1) is 58.5. The lowest BCUT2D eigenvalue weighted by Gasteiger charge is -2.38. The van der Waals surface area contributed by atoms with E-state index in [-0.39, 0.29) is 62.1 Å². The van der Waals surface area contributed by atoms with Crippen LogP contribution in [0.15, 0.2) is 108 Å². The number of carbonyl (C=O) groups excluding carboxylic acids is 2. The first-order valence-electron chi connectivity index (χ1n) is 21.4. The van der Waals surface area contributed by atoms with Crippen LogP contribution in [0.5, 0.6) is 5.75 Å². The third-order valence-electron chi connectivity index (χ3n) is 11.3. The molecular weight excluding hydrogens is 1040 g/mol. The lowest BCUT2D eigenvalue weighted by molar-refractivity contribution is -0.288. The van der Waals surface area contributed by atoms with Gasteiger partial charge in [-0.15, -0.1) is 0 Å². The van der Waals surface area contributed by atoms with E-state index in [0.29, 0.717) is 30.1 Å². The third-order valence-corrected chi connectivity index (χ3v) is 13.7. The number of phenols is 1. The summed E-state index contributed by atoms with van der Waals surface area (Å²) in [6.07, 6.45) is -10.5. The number of carbonyl (C=O) groups is 2. The summed E-state index contributed by atoms with van der Waals surface area (Å²) in [4.78, 5) is 32.3. The Kier molecular flexibility index (Phi) is 19.5. The van der Waals surface area contributed by atoms with Crippen LogP contribution in [0.2, 0.25) is 0 Å². The summed E-state index contributed by atoms with van der Waals surface area (Å²) in [5, 5.41) is 9.23. The number of rotatable bonds is 15. The fraction of sp³-hybridized carbons (Fsp3) is 0.435. The highest BCUT2D eigenvalue weighted by Crippen LogP contribution is 2.56. The van der Waals surface area contributed by atoms with Crippen LogP contribution < -0.4 is 0 Å². The van der Waals surface area contributed by atoms with Gasteiger partial charge in [-0.3, -0.25) is 19.6 Å². The van der Waals surface area contributed by atoms with Gasteiger partial charge in [0.1, 0.15) is 56.9 Å². The molecule has 3 atom stereocenters. The number of aromatic hydroxyl groups is 1. The minimum absolute atomic E-state index is 0.0640. The Morgan fingerprint density at radius 2 is 0.932 bits per heavy atom. The van der Waals surface area contributed by atoms with Gasteiger partial charge in [-0.1, -0.05) is 78.9 Å². The van der Waals surface area contributed by atoms with Gasteiger partial charge in [-0.2, -0.15) is 39.5 Å². The van der Waals surface area contributed by atoms with Gasteiger partial charge < -0.3 is 38.1 Å². The zero-order chi connectivity index (χ0) is 54.1. The minimum atomic E-state index is -6.09. The largest absolute Gasteiger partial charge is 0.741 e. The number of epoxide rings is 2. The summed E-state index contributed by atoms with van der Waals surface area (Å²) in [6.45, 7) is 1.08. The molecule has 27 heteroatoms. The van der Waals surface area contributed by atoms with Crippen molar-refractivity contribution in [1.29, 1.82) is 0 Å². The number of ether oxygens (including phenoxy) is 6. The third kappa shape index (κ3) is 13.9. The fourth-order valence-electron chi connectivity index (χ4n) is 7.79. The maximum atomic E-state index is 14.0. The van der Waals surface area contributed by atoms with Crippen LogP contribution in [0.4, 0.5) is 49.1 Å². The van der Waals surface area contributed by atoms with Crippen LogP contribution in [-0.2, 0) is 60.6 Å². The smallest absolute Gasteiger partial charge is 0.485 e. The molecule has 0 saturated carbocycles. The van der Waals surface area contributed by atoms with Crippen molar-refractivity contribution in [2.24, 2.45) is 0 Å². The second-order valence-electron chi connectivity index (χ2n) is 16.2. The van der Waals surface area contributed by atoms with Crippen molar-refractivity contribution < 1.29 is 95.6 Å². The Morgan fingerprint density at radius 1 is 0.603 bits per heavy atom. The number of amides is 4. The Labute approximate surface area is 417 Å². The topological polar surface area (TPSA) is 187 Å². The molecule has 73 heavy (non-hydrogen) atoms. The maximum absolute atomic E-state index is 14.0. The van der Waals surface area contributed by atoms with Gasteiger partial charge in [0.05, 0.1) is 13.2 Å². The van der Waals surface area contributed by atoms with Crippen molar-refractivity contribution in [3.63, 3.8) is 0 Å². The molecule has 4 heterocycles. The van der Waals surface area contributed by atoms with E-state index in [1.165, 1.54) is 82.8 Å². The normalized spacial score (nSPS) is 20.0. The molecule has 0 aromatic heterocycles. The molecular formula is C46H51F9N4O12S2. The monoisotopic (exact) mass is 1090 g/mol. The zero-order valence-corrected chi connectivity index (χ0v) is 41.2. The summed E-state index contributed by atoms with van der Waals surface area (Å²) in [6, 6.07) is 26.0. The Hall–Kier alpha value is -5.39. The van der Waals surface area contributed by atoms with Gasteiger partial charge in [0.25, 0.3) is 0 Å². The standard InChI is InChI=1S/C19H14F6O2.C14H14OS.C12H22N4O6.CHF3O3S/c20-18(21,22)17(19(23,24)25,13-5-1-11(2-6-13)15-9-26-15)14-7-3-12(4-8-14)16-10-27-16;1-16(11-12-5-3-2-4-6-12)14-9-7-13(15)8-10-14;1-19-5-13-9-10(15(7-21-3)11(13)17)16(8-22-4)12(18)14(9)6-20-2;2-1(3,4)8(5,6)7/h1-8,15-16H,9-10H2;2-10H,11H2,1H3;9-10H,5-8H2,1-4H3;(H,5,6,7). The van der Waals surface area contributed by atoms with Crippen LogP contribution >= 0.6 is 0 Å². The molecule has 4 aliphatic rings. The molecule has 402 valence electrons. The van der Waals surface area contributed by atoms with E-state index in [2.05, 4.69) is 30.5 Å². The number of alkyl halides is 9. The first-order valence-corrected chi connectivity index (χ1v) is 24.6. The Morgan fingerprint density at radius 3 is 1.21 bits per heavy atom. The van der Waals surface area contributed by atoms with Crippen molar-refractivity contribution in [1.82, 2.24) is 19.6 Å². The number of benzene rings is 4. The number of hydrogen-bond donors (Lipinski definition) is 1. The molecule has 4 amide bonds. The molecule has 4 saturated heterocycles. The molecule has 0 spiro atoms. The number of hydrogen-bond acceptors (Lipinski definition) is 12. The molecule has 1 N–H and O–H groups in total. The van der Waals surface area contributed by atoms with E-state index >= 15 is 0 Å². The van der Waals surface area contributed by atoms with E-state index in [9.17, 15) is 54.2 Å². The van der Waals surface area contributed by atoms with E-state index in [1.54, 1.807) is 12.1 Å². The lowest BCUT2D eigenvalue weighted by atomic mass is 9.72. The SMILES string of the molecule is COCN1C(=O)N(COC)C2C1N(COC)C(=O)N2COC.C[S+](Cc1ccccc1)c1ccc(O)cc1.FC(F)(F)C(c1ccc(C2CO2)cc1)(c1ccc(C2CO2)cc1)C(F)(F)F.O=S(=O)([O-])C(F)(F)F. The molecule has 0 bridgehead atoms. The number of fused-ring (bicyclic) bond motifs is 1. The van der Waals surface area contributed by atoms with Crippen LogP contribution in [0.3, 0.4) is 0 Å². The number of phenolic OH excluding ortho intramolecular Hbond substituents is 1. The predicted molar refractivity (Wildman–Crippen MR) is 242 cm³/mol. The van der Waals surface area contributed by atoms with Crippen LogP contribution in [0.25, 0.3) is 0 Å². The molecule has 0 aliphatic carbocycles. The average molecular weight is 1090 g/mol. The summed E-state index contributed by atoms with van der Waals surface area (Å²) < 4.78 is 173. The molecule has 0 radical (unpaired) electrons. The molecule has 16 nitrogen and oxygen atoms in total. The second-order valence-corrected chi connectivity index (χ2v) is 19.6. The highest BCUT2D eigenvalue weighted by Gasteiger charge is 2.72. The highest BCUT2D eigenvalue weighted by atomic mass is 32.2. The maximum Gasteiger partial charge on any atom is 0.485 e. The summed E-state index contributed by atoms with van der Waals surface area (Å²) in [5.74, 6) is 1.39. The van der Waals surface area contributed by atoms with Gasteiger partial charge in [-0.05, 0) is 46.5 Å². The molecule has 4 fully saturated rings. The van der Waals surface area contributed by atoms with Crippen molar-refractivity contribution in [2.45, 2.75) is 58.5 Å². The van der Waals surface area contributed by atoms with Crippen LogP contribution in [0.1, 0.15) is 40.0 Å². The molecule has 4 aromatic rings. The zero-order valence-electron chi connectivity index (χ0n) is 39.5. The van der Waals surface area contributed by atoms with Crippen molar-refractivity contribution >= 4 is 33.1 Å². The molecule has 8 rings (SSSR count). The number of nitrogens with zero attached hydrogens (tertiary/aromatic N) is 4. The van der Waals surface area contributed by atoms with Crippen LogP contribution in [-0.4, -0.2) is 155 Å². The van der Waals surface area contributed by atoms with E-state index in [4.69, 9.17) is 41.4 Å². The fourth-order valence-corrected chi connectivity index (χ4v) is 9.25. The van der Waals surface area contributed by atoms with E-state index in [1.807, 2.05) is 18.2 Å². The summed E-state index contributed by atoms with van der Waals surface area (Å²) in [5.41, 5.74) is -9.04. The van der Waals surface area contributed by atoms with Crippen molar-refractivity contribution in [3.8, 4) is 5.75 Å². The van der Waals surface area contributed by atoms with E-state index < -0.39 is 56.9 Å². The average Bonchev–Trinajstić information content (AvgIpc) is 4.27. The van der Waals surface area contributed by atoms with Gasteiger partial charge in [0, 0.05) is 44.9 Å². The number of halogens is 9. The molecule has 4 aromatic carbocycles. The van der Waals surface area contributed by atoms with Gasteiger partial charge >= 0.3 is 29.9 Å². The summed E-state index contributed by atoms with van der Waals surface area (Å²) in [7, 11) is 0.0727. The molecule has 4 aliphatic heterocycles. The quantitative estimate of drug-likeness (QED) is 0.0398. The van der Waals surface area contributed by atoms with E-state index in [0.717, 1.165) is 30.0 Å². The second kappa shape index (κ2) is 24.3. The summed E-state index contributed by atoms with van der Waals surface area (Å²) >= 11 is 0. The first-order chi connectivity index (χ1) is 34.3. The number of urea groups is 2. The predicted octanol–water partition coefficient (Wildman–Crippen LogP) is 8.02. The number of methoxy groups -OCH3 is 4. The Balaban J connectivity index is 0.000000194. The van der Waals surface area contributed by atoms with Crippen molar-refractivity contribution in [2.75, 3.05) is 74.8 Å². The van der Waals surface area contributed by atoms with Crippen LogP contribution in [0, 0.1) is 0 Å². The molecule has 3 unspecified atom stereocenters. The van der Waals surface area contributed by atoms with Gasteiger partial charge in [0.2, 0.25) is 5.41 Å². The van der Waals surface area contributed by atoms with Gasteiger partial charge in [-0.25, -0.2) is 18.0 Å². The van der Waals surface area contributed by atoms with Gasteiger partial charge in [0.15, 0.2) is 27.3 Å². The minimum Gasteiger partial charge on any atom is -0.741 e. The Bertz CT molecular complexity index is 2380. The lowest BCUT2D eigenvalue weighted by Crippen LogP contribution is -2.54.